The number of carbonyl (C=O) groups excluding carboxylic acids is 1. The van der Waals surface area contributed by atoms with Crippen LogP contribution in [0.2, 0.25) is 0 Å². The van der Waals surface area contributed by atoms with Crippen LogP contribution in [-0.4, -0.2) is 26.3 Å². The summed E-state index contributed by atoms with van der Waals surface area (Å²) in [6.07, 6.45) is 3.87. The van der Waals surface area contributed by atoms with Crippen LogP contribution >= 0.6 is 11.3 Å². The lowest BCUT2D eigenvalue weighted by Crippen LogP contribution is -2.36. The van der Waals surface area contributed by atoms with Gasteiger partial charge in [0, 0.05) is 42.5 Å². The van der Waals surface area contributed by atoms with Gasteiger partial charge in [-0.15, -0.1) is 0 Å². The first-order valence-electron chi connectivity index (χ1n) is 6.48. The highest BCUT2D eigenvalue weighted by atomic mass is 32.1. The Labute approximate surface area is 121 Å². The van der Waals surface area contributed by atoms with Crippen molar-refractivity contribution in [3.05, 3.63) is 39.2 Å². The lowest BCUT2D eigenvalue weighted by Gasteiger charge is -2.14. The molecular formula is C13H18N4O2S. The van der Waals surface area contributed by atoms with Gasteiger partial charge in [0.1, 0.15) is 0 Å². The molecule has 2 heterocycles. The molecule has 20 heavy (non-hydrogen) atoms. The minimum absolute atomic E-state index is 0.00249. The van der Waals surface area contributed by atoms with Crippen LogP contribution in [0.5, 0.6) is 0 Å². The summed E-state index contributed by atoms with van der Waals surface area (Å²) in [5.41, 5.74) is 0.900. The van der Waals surface area contributed by atoms with Gasteiger partial charge in [0.25, 0.3) is 0 Å². The van der Waals surface area contributed by atoms with Crippen molar-refractivity contribution in [1.29, 1.82) is 0 Å². The van der Waals surface area contributed by atoms with Crippen LogP contribution in [0.25, 0.3) is 0 Å². The van der Waals surface area contributed by atoms with Crippen molar-refractivity contribution < 1.29 is 4.79 Å². The molecule has 0 spiro atoms. The van der Waals surface area contributed by atoms with Crippen molar-refractivity contribution in [2.45, 2.75) is 39.4 Å². The molecule has 0 aliphatic rings. The van der Waals surface area contributed by atoms with Crippen molar-refractivity contribution in [1.82, 2.24) is 19.7 Å². The summed E-state index contributed by atoms with van der Waals surface area (Å²) in [5, 5.41) is 8.81. The zero-order valence-electron chi connectivity index (χ0n) is 11.6. The molecule has 1 atom stereocenters. The number of nitrogens with zero attached hydrogens (tertiary/aromatic N) is 3. The summed E-state index contributed by atoms with van der Waals surface area (Å²) in [5.74, 6) is -0.0536. The second kappa shape index (κ2) is 6.51. The van der Waals surface area contributed by atoms with E-state index < -0.39 is 0 Å². The molecule has 0 saturated heterocycles. The van der Waals surface area contributed by atoms with E-state index in [0.29, 0.717) is 19.5 Å². The number of hydrogen-bond acceptors (Lipinski definition) is 4. The number of amides is 1. The molecular weight excluding hydrogens is 276 g/mol. The van der Waals surface area contributed by atoms with Crippen molar-refractivity contribution in [3.63, 3.8) is 0 Å². The molecule has 0 bridgehead atoms. The predicted octanol–water partition coefficient (Wildman–Crippen LogP) is 1.01. The molecule has 0 fully saturated rings. The number of aromatic nitrogens is 3. The molecule has 0 aliphatic carbocycles. The molecule has 0 saturated carbocycles. The molecule has 1 N–H and O–H groups in total. The fourth-order valence-corrected chi connectivity index (χ4v) is 2.73. The Balaban J connectivity index is 1.79. The van der Waals surface area contributed by atoms with Gasteiger partial charge in [0.05, 0.1) is 6.54 Å². The van der Waals surface area contributed by atoms with E-state index in [1.54, 1.807) is 20.8 Å². The first kappa shape index (κ1) is 14.5. The van der Waals surface area contributed by atoms with E-state index in [-0.39, 0.29) is 16.8 Å². The van der Waals surface area contributed by atoms with Crippen LogP contribution in [0, 0.1) is 6.92 Å². The molecule has 2 rings (SSSR count). The standard InChI is InChI=1S/C13H18N4O2S/c1-10(8-16-6-3-5-14-16)15-12(18)4-7-17-11(2)9-20-13(17)19/h3,5-6,9-10H,4,7-8H2,1-2H3,(H,15,18)/t10-/m0/s1. The maximum absolute atomic E-state index is 11.8. The second-order valence-electron chi connectivity index (χ2n) is 4.74. The minimum atomic E-state index is -0.0536. The van der Waals surface area contributed by atoms with Gasteiger partial charge >= 0.3 is 4.87 Å². The zero-order chi connectivity index (χ0) is 14.5. The van der Waals surface area contributed by atoms with Crippen molar-refractivity contribution in [3.8, 4) is 0 Å². The highest BCUT2D eigenvalue weighted by molar-refractivity contribution is 7.07. The summed E-state index contributed by atoms with van der Waals surface area (Å²) in [4.78, 5) is 23.4. The quantitative estimate of drug-likeness (QED) is 0.864. The van der Waals surface area contributed by atoms with Gasteiger partial charge in [-0.05, 0) is 19.9 Å². The van der Waals surface area contributed by atoms with E-state index in [1.165, 1.54) is 0 Å². The second-order valence-corrected chi connectivity index (χ2v) is 5.56. The van der Waals surface area contributed by atoms with E-state index in [0.717, 1.165) is 17.0 Å². The Bertz CT molecular complexity index is 615. The SMILES string of the molecule is Cc1csc(=O)n1CCC(=O)N[C@@H](C)Cn1cccn1. The van der Waals surface area contributed by atoms with Crippen LogP contribution in [-0.2, 0) is 17.9 Å². The first-order chi connectivity index (χ1) is 9.56. The summed E-state index contributed by atoms with van der Waals surface area (Å²) >= 11 is 1.16. The summed E-state index contributed by atoms with van der Waals surface area (Å²) in [6, 6.07) is 1.85. The van der Waals surface area contributed by atoms with Crippen LogP contribution in [0.4, 0.5) is 0 Å². The third-order valence-corrected chi connectivity index (χ3v) is 3.85. The predicted molar refractivity (Wildman–Crippen MR) is 77.8 cm³/mol. The largest absolute Gasteiger partial charge is 0.352 e. The number of nitrogens with one attached hydrogen (secondary N) is 1. The van der Waals surface area contributed by atoms with Gasteiger partial charge in [-0.25, -0.2) is 0 Å². The molecule has 0 radical (unpaired) electrons. The lowest BCUT2D eigenvalue weighted by atomic mass is 10.3. The maximum Gasteiger partial charge on any atom is 0.307 e. The van der Waals surface area contributed by atoms with Crippen molar-refractivity contribution in [2.75, 3.05) is 0 Å². The Morgan fingerprint density at radius 1 is 1.55 bits per heavy atom. The first-order valence-corrected chi connectivity index (χ1v) is 7.36. The lowest BCUT2D eigenvalue weighted by molar-refractivity contribution is -0.122. The van der Waals surface area contributed by atoms with E-state index in [1.807, 2.05) is 26.1 Å². The minimum Gasteiger partial charge on any atom is -0.352 e. The van der Waals surface area contributed by atoms with Crippen molar-refractivity contribution >= 4 is 17.2 Å². The molecule has 108 valence electrons. The fraction of sp³-hybridized carbons (Fsp3) is 0.462. The Kier molecular flexibility index (Phi) is 4.73. The Morgan fingerprint density at radius 2 is 2.35 bits per heavy atom. The van der Waals surface area contributed by atoms with Gasteiger partial charge < -0.3 is 9.88 Å². The molecule has 0 aromatic carbocycles. The average Bonchev–Trinajstić information content (AvgIpc) is 2.98. The van der Waals surface area contributed by atoms with E-state index >= 15 is 0 Å². The molecule has 7 heteroatoms. The molecule has 2 aromatic rings. The molecule has 2 aromatic heterocycles. The number of aryl methyl sites for hydroxylation is 1. The zero-order valence-corrected chi connectivity index (χ0v) is 12.4. The number of thiazole rings is 1. The molecule has 0 unspecified atom stereocenters. The highest BCUT2D eigenvalue weighted by Gasteiger charge is 2.10. The normalized spacial score (nSPS) is 12.3. The highest BCUT2D eigenvalue weighted by Crippen LogP contribution is 2.01. The Hall–Kier alpha value is -1.89. The molecule has 6 nitrogen and oxygen atoms in total. The number of hydrogen-bond donors (Lipinski definition) is 1. The summed E-state index contributed by atoms with van der Waals surface area (Å²) in [6.45, 7) is 4.86. The van der Waals surface area contributed by atoms with E-state index in [9.17, 15) is 9.59 Å². The van der Waals surface area contributed by atoms with E-state index in [2.05, 4.69) is 10.4 Å². The smallest absolute Gasteiger partial charge is 0.307 e. The number of rotatable bonds is 6. The van der Waals surface area contributed by atoms with Gasteiger partial charge in [-0.1, -0.05) is 11.3 Å². The van der Waals surface area contributed by atoms with Gasteiger partial charge in [0.15, 0.2) is 0 Å². The van der Waals surface area contributed by atoms with Crippen LogP contribution in [0.1, 0.15) is 19.0 Å². The van der Waals surface area contributed by atoms with Gasteiger partial charge in [0.2, 0.25) is 5.91 Å². The molecule has 0 aliphatic heterocycles. The monoisotopic (exact) mass is 294 g/mol. The summed E-state index contributed by atoms with van der Waals surface area (Å²) in [7, 11) is 0. The van der Waals surface area contributed by atoms with Gasteiger partial charge in [-0.2, -0.15) is 5.10 Å². The van der Waals surface area contributed by atoms with E-state index in [4.69, 9.17) is 0 Å². The molecule has 1 amide bonds. The maximum atomic E-state index is 11.8. The Morgan fingerprint density at radius 3 is 2.95 bits per heavy atom. The average molecular weight is 294 g/mol. The third-order valence-electron chi connectivity index (χ3n) is 2.97. The van der Waals surface area contributed by atoms with Crippen LogP contribution in [0.3, 0.4) is 0 Å². The fourth-order valence-electron chi connectivity index (χ4n) is 1.97. The number of carbonyl (C=O) groups is 1. The summed E-state index contributed by atoms with van der Waals surface area (Å²) < 4.78 is 3.40. The van der Waals surface area contributed by atoms with Crippen LogP contribution in [0.15, 0.2) is 28.6 Å². The van der Waals surface area contributed by atoms with Gasteiger partial charge in [-0.3, -0.25) is 14.3 Å². The van der Waals surface area contributed by atoms with Crippen molar-refractivity contribution in [2.24, 2.45) is 0 Å². The topological polar surface area (TPSA) is 68.9 Å². The van der Waals surface area contributed by atoms with Crippen LogP contribution < -0.4 is 10.2 Å². The third kappa shape index (κ3) is 3.80.